The molecule has 3 rings (SSSR count). The lowest BCUT2D eigenvalue weighted by Gasteiger charge is -2.07. The Morgan fingerprint density at radius 2 is 2.26 bits per heavy atom. The van der Waals surface area contributed by atoms with Crippen molar-refractivity contribution < 1.29 is 4.52 Å². The molecule has 0 unspecified atom stereocenters. The molecule has 0 aliphatic carbocycles. The summed E-state index contributed by atoms with van der Waals surface area (Å²) in [4.78, 5) is 16.5. The van der Waals surface area contributed by atoms with E-state index in [1.54, 1.807) is 24.0 Å². The first kappa shape index (κ1) is 11.6. The standard InChI is InChI=1S/C14H13N3O2/c1-3-10-13-12(19-16-10)7-11(17(2)14(13)18)9-5-4-6-15-8-9/h4-8H,3H2,1-2H3. The lowest BCUT2D eigenvalue weighted by atomic mass is 10.1. The molecule has 0 fully saturated rings. The Labute approximate surface area is 109 Å². The molecule has 0 saturated heterocycles. The summed E-state index contributed by atoms with van der Waals surface area (Å²) in [7, 11) is 1.75. The van der Waals surface area contributed by atoms with Gasteiger partial charge in [-0.05, 0) is 18.6 Å². The number of hydrogen-bond acceptors (Lipinski definition) is 4. The summed E-state index contributed by atoms with van der Waals surface area (Å²) in [5.41, 5.74) is 2.78. The Hall–Kier alpha value is -2.43. The highest BCUT2D eigenvalue weighted by atomic mass is 16.5. The van der Waals surface area contributed by atoms with Crippen molar-refractivity contribution in [2.24, 2.45) is 7.05 Å². The van der Waals surface area contributed by atoms with Gasteiger partial charge in [0.15, 0.2) is 5.58 Å². The lowest BCUT2D eigenvalue weighted by Crippen LogP contribution is -2.18. The quantitative estimate of drug-likeness (QED) is 0.704. The summed E-state index contributed by atoms with van der Waals surface area (Å²) in [6.45, 7) is 1.95. The molecular weight excluding hydrogens is 242 g/mol. The van der Waals surface area contributed by atoms with Crippen LogP contribution in [-0.4, -0.2) is 14.7 Å². The predicted octanol–water partition coefficient (Wildman–Crippen LogP) is 2.15. The van der Waals surface area contributed by atoms with E-state index in [2.05, 4.69) is 10.1 Å². The van der Waals surface area contributed by atoms with Crippen molar-refractivity contribution in [3.63, 3.8) is 0 Å². The predicted molar refractivity (Wildman–Crippen MR) is 71.9 cm³/mol. The fourth-order valence-electron chi connectivity index (χ4n) is 2.20. The molecule has 0 aromatic carbocycles. The molecule has 5 nitrogen and oxygen atoms in total. The molecule has 0 bridgehead atoms. The second-order valence-electron chi connectivity index (χ2n) is 4.36. The summed E-state index contributed by atoms with van der Waals surface area (Å²) in [5, 5.41) is 4.51. The zero-order valence-corrected chi connectivity index (χ0v) is 10.8. The molecule has 3 aromatic rings. The summed E-state index contributed by atoms with van der Waals surface area (Å²) in [6.07, 6.45) is 4.09. The third-order valence-electron chi connectivity index (χ3n) is 3.23. The van der Waals surface area contributed by atoms with Gasteiger partial charge in [0.25, 0.3) is 5.56 Å². The Kier molecular flexibility index (Phi) is 2.67. The molecule has 0 aliphatic rings. The van der Waals surface area contributed by atoms with Crippen LogP contribution >= 0.6 is 0 Å². The van der Waals surface area contributed by atoms with Gasteiger partial charge in [0.05, 0.1) is 11.4 Å². The maximum Gasteiger partial charge on any atom is 0.263 e. The van der Waals surface area contributed by atoms with E-state index in [-0.39, 0.29) is 5.56 Å². The molecule has 0 radical (unpaired) electrons. The van der Waals surface area contributed by atoms with Crippen LogP contribution in [0.5, 0.6) is 0 Å². The minimum absolute atomic E-state index is 0.0885. The molecule has 0 spiro atoms. The molecule has 0 amide bonds. The summed E-state index contributed by atoms with van der Waals surface area (Å²) < 4.78 is 6.86. The maximum atomic E-state index is 12.4. The van der Waals surface area contributed by atoms with Gasteiger partial charge in [0.1, 0.15) is 5.39 Å². The van der Waals surface area contributed by atoms with E-state index in [0.29, 0.717) is 23.1 Å². The molecule has 0 saturated carbocycles. The second-order valence-corrected chi connectivity index (χ2v) is 4.36. The Bertz CT molecular complexity index is 788. The number of pyridine rings is 2. The van der Waals surface area contributed by atoms with Crippen molar-refractivity contribution in [3.05, 3.63) is 46.6 Å². The Balaban J connectivity index is 2.35. The number of nitrogens with zero attached hydrogens (tertiary/aromatic N) is 3. The first-order valence-electron chi connectivity index (χ1n) is 6.11. The molecule has 5 heteroatoms. The van der Waals surface area contributed by atoms with Gasteiger partial charge >= 0.3 is 0 Å². The van der Waals surface area contributed by atoms with Crippen molar-refractivity contribution in [1.29, 1.82) is 0 Å². The largest absolute Gasteiger partial charge is 0.356 e. The van der Waals surface area contributed by atoms with Gasteiger partial charge in [-0.15, -0.1) is 0 Å². The first-order valence-corrected chi connectivity index (χ1v) is 6.11. The second kappa shape index (κ2) is 4.35. The normalized spacial score (nSPS) is 11.1. The molecule has 96 valence electrons. The molecule has 19 heavy (non-hydrogen) atoms. The van der Waals surface area contributed by atoms with E-state index in [0.717, 1.165) is 11.3 Å². The van der Waals surface area contributed by atoms with Crippen LogP contribution in [0, 0.1) is 0 Å². The minimum atomic E-state index is -0.0885. The van der Waals surface area contributed by atoms with E-state index in [9.17, 15) is 4.79 Å². The number of aromatic nitrogens is 3. The highest BCUT2D eigenvalue weighted by Crippen LogP contribution is 2.22. The SMILES string of the molecule is CCc1noc2cc(-c3cccnc3)n(C)c(=O)c12. The van der Waals surface area contributed by atoms with Gasteiger partial charge in [-0.1, -0.05) is 12.1 Å². The van der Waals surface area contributed by atoms with Crippen molar-refractivity contribution >= 4 is 11.0 Å². The zero-order valence-electron chi connectivity index (χ0n) is 10.8. The van der Waals surface area contributed by atoms with E-state index < -0.39 is 0 Å². The van der Waals surface area contributed by atoms with Crippen molar-refractivity contribution in [1.82, 2.24) is 14.7 Å². The average molecular weight is 255 g/mol. The van der Waals surface area contributed by atoms with Crippen LogP contribution in [0.15, 0.2) is 39.9 Å². The molecule has 3 aromatic heterocycles. The van der Waals surface area contributed by atoms with E-state index >= 15 is 0 Å². The third kappa shape index (κ3) is 1.74. The van der Waals surface area contributed by atoms with Crippen LogP contribution in [0.3, 0.4) is 0 Å². The molecule has 0 atom stereocenters. The summed E-state index contributed by atoms with van der Waals surface area (Å²) >= 11 is 0. The molecular formula is C14H13N3O2. The smallest absolute Gasteiger partial charge is 0.263 e. The number of fused-ring (bicyclic) bond motifs is 1. The summed E-state index contributed by atoms with van der Waals surface area (Å²) in [6, 6.07) is 5.58. The zero-order chi connectivity index (χ0) is 13.4. The fraction of sp³-hybridized carbons (Fsp3) is 0.214. The highest BCUT2D eigenvalue weighted by Gasteiger charge is 2.15. The van der Waals surface area contributed by atoms with E-state index in [1.807, 2.05) is 25.1 Å². The molecule has 3 heterocycles. The van der Waals surface area contributed by atoms with Crippen LogP contribution in [0.1, 0.15) is 12.6 Å². The highest BCUT2D eigenvalue weighted by molar-refractivity contribution is 5.82. The maximum absolute atomic E-state index is 12.4. The van der Waals surface area contributed by atoms with E-state index in [4.69, 9.17) is 4.52 Å². The van der Waals surface area contributed by atoms with Gasteiger partial charge in [-0.25, -0.2) is 0 Å². The first-order chi connectivity index (χ1) is 9.22. The van der Waals surface area contributed by atoms with Gasteiger partial charge in [-0.2, -0.15) is 0 Å². The minimum Gasteiger partial charge on any atom is -0.356 e. The number of aryl methyl sites for hydroxylation is 1. The number of hydrogen-bond donors (Lipinski definition) is 0. The van der Waals surface area contributed by atoms with Gasteiger partial charge in [0.2, 0.25) is 0 Å². The van der Waals surface area contributed by atoms with Crippen LogP contribution in [0.4, 0.5) is 0 Å². The van der Waals surface area contributed by atoms with Crippen molar-refractivity contribution in [2.45, 2.75) is 13.3 Å². The molecule has 0 aliphatic heterocycles. The molecule has 0 N–H and O–H groups in total. The van der Waals surface area contributed by atoms with E-state index in [1.165, 1.54) is 0 Å². The average Bonchev–Trinajstić information content (AvgIpc) is 2.87. The monoisotopic (exact) mass is 255 g/mol. The van der Waals surface area contributed by atoms with Crippen molar-refractivity contribution in [2.75, 3.05) is 0 Å². The summed E-state index contributed by atoms with van der Waals surface area (Å²) in [5.74, 6) is 0. The number of rotatable bonds is 2. The van der Waals surface area contributed by atoms with Gasteiger partial charge in [0, 0.05) is 31.1 Å². The van der Waals surface area contributed by atoms with Gasteiger partial charge in [-0.3, -0.25) is 9.78 Å². The van der Waals surface area contributed by atoms with Gasteiger partial charge < -0.3 is 9.09 Å². The van der Waals surface area contributed by atoms with Crippen LogP contribution in [0.2, 0.25) is 0 Å². The Morgan fingerprint density at radius 1 is 1.42 bits per heavy atom. The fourth-order valence-corrected chi connectivity index (χ4v) is 2.20. The van der Waals surface area contributed by atoms with Crippen molar-refractivity contribution in [3.8, 4) is 11.3 Å². The van der Waals surface area contributed by atoms with Crippen LogP contribution in [0.25, 0.3) is 22.2 Å². The van der Waals surface area contributed by atoms with Crippen LogP contribution < -0.4 is 5.56 Å². The topological polar surface area (TPSA) is 60.9 Å². The third-order valence-corrected chi connectivity index (χ3v) is 3.23. The lowest BCUT2D eigenvalue weighted by molar-refractivity contribution is 0.447. The Morgan fingerprint density at radius 3 is 2.95 bits per heavy atom. The van der Waals surface area contributed by atoms with Crippen LogP contribution in [-0.2, 0) is 13.5 Å².